The fourth-order valence-electron chi connectivity index (χ4n) is 4.15. The molecule has 196 valence electrons. The number of carbonyl (C=O) groups is 1. The second kappa shape index (κ2) is 12.2. The predicted molar refractivity (Wildman–Crippen MR) is 138 cm³/mol. The zero-order chi connectivity index (χ0) is 26.5. The van der Waals surface area contributed by atoms with E-state index in [1.807, 2.05) is 10.6 Å². The molecular weight excluding hydrogens is 563 g/mol. The van der Waals surface area contributed by atoms with E-state index in [1.54, 1.807) is 19.1 Å². The predicted octanol–water partition coefficient (Wildman–Crippen LogP) is 8.34. The van der Waals surface area contributed by atoms with Gasteiger partial charge in [0.2, 0.25) is 5.95 Å². The Hall–Kier alpha value is -2.46. The molecule has 0 aliphatic carbocycles. The van der Waals surface area contributed by atoms with Crippen molar-refractivity contribution >= 4 is 56.2 Å². The number of nitrogens with zero attached hydrogens (tertiary/aromatic N) is 2. The summed E-state index contributed by atoms with van der Waals surface area (Å²) in [6.07, 6.45) is -2.46. The number of imidazole rings is 1. The Morgan fingerprint density at radius 3 is 2.56 bits per heavy atom. The Morgan fingerprint density at radius 2 is 1.92 bits per heavy atom. The fourth-order valence-corrected chi connectivity index (χ4v) is 4.68. The first-order chi connectivity index (χ1) is 17.1. The van der Waals surface area contributed by atoms with Crippen LogP contribution in [0.5, 0.6) is 5.75 Å². The van der Waals surface area contributed by atoms with E-state index >= 15 is 0 Å². The summed E-state index contributed by atoms with van der Waals surface area (Å²) in [6.45, 7) is 6.60. The number of esters is 1. The van der Waals surface area contributed by atoms with Crippen LogP contribution in [0.3, 0.4) is 0 Å². The number of anilines is 2. The second-order valence-electron chi connectivity index (χ2n) is 8.16. The highest BCUT2D eigenvalue weighted by Gasteiger charge is 2.32. The van der Waals surface area contributed by atoms with Crippen LogP contribution in [0, 0.1) is 0 Å². The van der Waals surface area contributed by atoms with Crippen LogP contribution in [-0.2, 0) is 16.1 Å². The van der Waals surface area contributed by atoms with Gasteiger partial charge in [-0.3, -0.25) is 4.79 Å². The minimum atomic E-state index is -4.87. The number of fused-ring (bicyclic) bond motifs is 1. The molecule has 0 atom stereocenters. The van der Waals surface area contributed by atoms with Crippen LogP contribution in [0.4, 0.5) is 24.8 Å². The van der Waals surface area contributed by atoms with E-state index in [-0.39, 0.29) is 24.0 Å². The molecule has 6 nitrogen and oxygen atoms in total. The zero-order valence-electron chi connectivity index (χ0n) is 20.2. The highest BCUT2D eigenvalue weighted by Crippen LogP contribution is 2.39. The molecule has 0 fully saturated rings. The van der Waals surface area contributed by atoms with E-state index in [0.717, 1.165) is 23.9 Å². The fraction of sp³-hybridized carbons (Fsp3) is 0.440. The number of rotatable bonds is 11. The Balaban J connectivity index is 2.12. The summed E-state index contributed by atoms with van der Waals surface area (Å²) < 4.78 is 50.8. The number of carbonyl (C=O) groups excluding carboxylic acids is 1. The van der Waals surface area contributed by atoms with Crippen LogP contribution in [-0.4, -0.2) is 28.5 Å². The van der Waals surface area contributed by atoms with E-state index in [9.17, 15) is 18.0 Å². The summed E-state index contributed by atoms with van der Waals surface area (Å²) in [5.41, 5.74) is 2.45. The van der Waals surface area contributed by atoms with Crippen molar-refractivity contribution in [2.75, 3.05) is 11.9 Å². The molecule has 0 unspecified atom stereocenters. The summed E-state index contributed by atoms with van der Waals surface area (Å²) in [4.78, 5) is 16.6. The average Bonchev–Trinajstić information content (AvgIpc) is 3.16. The molecule has 1 aromatic heterocycles. The van der Waals surface area contributed by atoms with Crippen molar-refractivity contribution in [1.29, 1.82) is 0 Å². The molecule has 0 amide bonds. The molecule has 2 aromatic carbocycles. The molecule has 1 N–H and O–H groups in total. The third kappa shape index (κ3) is 6.85. The van der Waals surface area contributed by atoms with Gasteiger partial charge in [0, 0.05) is 17.4 Å². The molecule has 0 saturated carbocycles. The Morgan fingerprint density at radius 1 is 1.19 bits per heavy atom. The van der Waals surface area contributed by atoms with Crippen molar-refractivity contribution in [3.63, 3.8) is 0 Å². The van der Waals surface area contributed by atoms with Crippen molar-refractivity contribution in [3.8, 4) is 5.75 Å². The normalized spacial score (nSPS) is 11.8. The van der Waals surface area contributed by atoms with Gasteiger partial charge in [0.1, 0.15) is 5.52 Å². The lowest BCUT2D eigenvalue weighted by Gasteiger charge is -2.18. The monoisotopic (exact) mass is 589 g/mol. The van der Waals surface area contributed by atoms with Crippen LogP contribution < -0.4 is 10.1 Å². The lowest BCUT2D eigenvalue weighted by molar-refractivity contribution is -0.274. The highest BCUT2D eigenvalue weighted by atomic mass is 79.9. The number of benzene rings is 2. The van der Waals surface area contributed by atoms with Gasteiger partial charge >= 0.3 is 12.3 Å². The molecule has 0 aliphatic heterocycles. The van der Waals surface area contributed by atoms with E-state index in [1.165, 1.54) is 12.1 Å². The quantitative estimate of drug-likeness (QED) is 0.227. The Bertz CT molecular complexity index is 1210. The molecule has 3 aromatic rings. The number of aryl methyl sites for hydroxylation is 1. The summed E-state index contributed by atoms with van der Waals surface area (Å²) in [7, 11) is 0. The first kappa shape index (κ1) is 28.1. The largest absolute Gasteiger partial charge is 0.573 e. The van der Waals surface area contributed by atoms with Crippen molar-refractivity contribution in [2.45, 2.75) is 65.3 Å². The number of hydrogen-bond acceptors (Lipinski definition) is 5. The first-order valence-corrected chi connectivity index (χ1v) is 12.9. The van der Waals surface area contributed by atoms with Gasteiger partial charge in [0.25, 0.3) is 0 Å². The van der Waals surface area contributed by atoms with Gasteiger partial charge in [-0.2, -0.15) is 0 Å². The van der Waals surface area contributed by atoms with Crippen molar-refractivity contribution in [3.05, 3.63) is 45.4 Å². The molecule has 1 heterocycles. The summed E-state index contributed by atoms with van der Waals surface area (Å²) in [5.74, 6) is -0.199. The van der Waals surface area contributed by atoms with Crippen molar-refractivity contribution < 1.29 is 27.4 Å². The van der Waals surface area contributed by atoms with Crippen LogP contribution in [0.15, 0.2) is 34.8 Å². The van der Waals surface area contributed by atoms with Gasteiger partial charge in [0.05, 0.1) is 22.8 Å². The summed E-state index contributed by atoms with van der Waals surface area (Å²) in [6, 6.07) is 8.05. The van der Waals surface area contributed by atoms with Crippen molar-refractivity contribution in [1.82, 2.24) is 9.55 Å². The molecule has 0 saturated heterocycles. The highest BCUT2D eigenvalue weighted by molar-refractivity contribution is 9.10. The molecular formula is C25H28BrClF3N3O3. The molecule has 0 radical (unpaired) electrons. The lowest BCUT2D eigenvalue weighted by Crippen LogP contribution is -2.18. The van der Waals surface area contributed by atoms with E-state index in [4.69, 9.17) is 16.3 Å². The molecule has 0 bridgehead atoms. The maximum absolute atomic E-state index is 13.1. The van der Waals surface area contributed by atoms with E-state index in [2.05, 4.69) is 44.8 Å². The number of nitrogens with one attached hydrogen (secondary N) is 1. The van der Waals surface area contributed by atoms with Gasteiger partial charge < -0.3 is 19.4 Å². The van der Waals surface area contributed by atoms with Crippen molar-refractivity contribution in [2.24, 2.45) is 0 Å². The zero-order valence-corrected chi connectivity index (χ0v) is 22.6. The molecule has 11 heteroatoms. The maximum atomic E-state index is 13.1. The topological polar surface area (TPSA) is 65.4 Å². The number of aromatic nitrogens is 2. The lowest BCUT2D eigenvalue weighted by atomic mass is 9.93. The van der Waals surface area contributed by atoms with Crippen LogP contribution in [0.25, 0.3) is 11.0 Å². The van der Waals surface area contributed by atoms with Gasteiger partial charge in [-0.1, -0.05) is 47.4 Å². The molecule has 0 aliphatic rings. The van der Waals surface area contributed by atoms with Gasteiger partial charge in [-0.15, -0.1) is 13.2 Å². The third-order valence-electron chi connectivity index (χ3n) is 5.79. The van der Waals surface area contributed by atoms with Gasteiger partial charge in [-0.25, -0.2) is 4.98 Å². The molecule has 36 heavy (non-hydrogen) atoms. The Kier molecular flexibility index (Phi) is 9.52. The van der Waals surface area contributed by atoms with Gasteiger partial charge in [-0.05, 0) is 61.9 Å². The number of ether oxygens (including phenoxy) is 2. The first-order valence-electron chi connectivity index (χ1n) is 11.7. The SMILES string of the molecule is CCOC(=O)CCCn1c(Nc2ccc(Br)cc2OC(F)(F)F)nc2c(Cl)ccc(C(CC)CC)c21. The summed E-state index contributed by atoms with van der Waals surface area (Å²) in [5, 5.41) is 3.43. The standard InChI is InChI=1S/C25H28BrClF3N3O3/c1-4-15(5-2)17-10-11-18(27)22-23(17)33(13-7-8-21(34)35-6-3)24(32-22)31-19-12-9-16(26)14-20(19)36-25(28,29)30/h9-12,14-15H,4-8,13H2,1-3H3,(H,31,32). The van der Waals surface area contributed by atoms with Gasteiger partial charge in [0.15, 0.2) is 5.75 Å². The second-order valence-corrected chi connectivity index (χ2v) is 9.48. The van der Waals surface area contributed by atoms with E-state index in [0.29, 0.717) is 40.5 Å². The number of halogens is 5. The third-order valence-corrected chi connectivity index (χ3v) is 6.58. The van der Waals surface area contributed by atoms with Crippen LogP contribution >= 0.6 is 27.5 Å². The van der Waals surface area contributed by atoms with Crippen LogP contribution in [0.1, 0.15) is 57.9 Å². The molecule has 0 spiro atoms. The number of hydrogen-bond donors (Lipinski definition) is 1. The average molecular weight is 591 g/mol. The smallest absolute Gasteiger partial charge is 0.466 e. The minimum Gasteiger partial charge on any atom is -0.466 e. The summed E-state index contributed by atoms with van der Waals surface area (Å²) >= 11 is 9.70. The Labute approximate surface area is 221 Å². The minimum absolute atomic E-state index is 0.0812. The molecule has 3 rings (SSSR count). The van der Waals surface area contributed by atoms with E-state index < -0.39 is 12.1 Å². The number of alkyl halides is 3. The van der Waals surface area contributed by atoms with Crippen LogP contribution in [0.2, 0.25) is 5.02 Å². The maximum Gasteiger partial charge on any atom is 0.573 e.